The lowest BCUT2D eigenvalue weighted by atomic mass is 9.69. The van der Waals surface area contributed by atoms with Crippen LogP contribution in [0, 0.1) is 23.7 Å². The molecular formula is C26H42O3. The molecule has 0 spiro atoms. The Bertz CT molecular complexity index is 540. The molecule has 3 rings (SSSR count). The zero-order valence-electron chi connectivity index (χ0n) is 18.7. The number of aryl methyl sites for hydroxylation is 1. The Morgan fingerprint density at radius 2 is 1.38 bits per heavy atom. The lowest BCUT2D eigenvalue weighted by Crippen LogP contribution is -2.25. The van der Waals surface area contributed by atoms with Crippen molar-refractivity contribution in [3.8, 4) is 5.75 Å². The van der Waals surface area contributed by atoms with Crippen LogP contribution in [0.3, 0.4) is 0 Å². The van der Waals surface area contributed by atoms with Crippen LogP contribution in [0.2, 0.25) is 0 Å². The van der Waals surface area contributed by atoms with E-state index in [-0.39, 0.29) is 0 Å². The summed E-state index contributed by atoms with van der Waals surface area (Å²) < 4.78 is 16.1. The zero-order valence-corrected chi connectivity index (χ0v) is 18.7. The number of benzene rings is 1. The topological polar surface area (TPSA) is 27.7 Å². The van der Waals surface area contributed by atoms with Crippen LogP contribution in [0.1, 0.15) is 70.3 Å². The average Bonchev–Trinajstić information content (AvgIpc) is 2.76. The van der Waals surface area contributed by atoms with Crippen LogP contribution >= 0.6 is 0 Å². The van der Waals surface area contributed by atoms with Crippen LogP contribution in [-0.2, 0) is 15.9 Å². The van der Waals surface area contributed by atoms with Crippen molar-refractivity contribution < 1.29 is 14.2 Å². The molecule has 0 N–H and O–H groups in total. The van der Waals surface area contributed by atoms with E-state index in [1.807, 2.05) is 0 Å². The molecule has 2 fully saturated rings. The molecule has 3 heteroatoms. The highest BCUT2D eigenvalue weighted by Gasteiger charge is 2.29. The van der Waals surface area contributed by atoms with Gasteiger partial charge in [-0.15, -0.1) is 0 Å². The van der Waals surface area contributed by atoms with Gasteiger partial charge in [-0.2, -0.15) is 0 Å². The van der Waals surface area contributed by atoms with Crippen molar-refractivity contribution in [3.63, 3.8) is 0 Å². The number of hydrogen-bond acceptors (Lipinski definition) is 3. The molecule has 2 aliphatic carbocycles. The molecule has 0 amide bonds. The third kappa shape index (κ3) is 7.94. The van der Waals surface area contributed by atoms with Gasteiger partial charge in [-0.05, 0) is 79.9 Å². The molecule has 164 valence electrons. The predicted molar refractivity (Wildman–Crippen MR) is 120 cm³/mol. The summed E-state index contributed by atoms with van der Waals surface area (Å²) in [6, 6.07) is 8.67. The van der Waals surface area contributed by atoms with E-state index in [4.69, 9.17) is 14.2 Å². The number of hydrogen-bond donors (Lipinski definition) is 0. The SMILES string of the molecule is COCCOCCOc1ccc(CCC2CCC(C3CCC(C)CC3)CC2)cc1. The summed E-state index contributed by atoms with van der Waals surface area (Å²) in [4.78, 5) is 0. The first-order valence-electron chi connectivity index (χ1n) is 12.0. The van der Waals surface area contributed by atoms with E-state index in [0.29, 0.717) is 26.4 Å². The first kappa shape index (κ1) is 22.6. The molecule has 1 aromatic rings. The number of ether oxygens (including phenoxy) is 3. The molecule has 0 aliphatic heterocycles. The quantitative estimate of drug-likeness (QED) is 0.407. The summed E-state index contributed by atoms with van der Waals surface area (Å²) in [6.45, 7) is 4.89. The molecule has 0 heterocycles. The molecule has 0 radical (unpaired) electrons. The first-order valence-corrected chi connectivity index (χ1v) is 12.0. The summed E-state index contributed by atoms with van der Waals surface area (Å²) in [5.41, 5.74) is 1.44. The summed E-state index contributed by atoms with van der Waals surface area (Å²) in [5.74, 6) is 4.94. The van der Waals surface area contributed by atoms with E-state index in [2.05, 4.69) is 31.2 Å². The molecular weight excluding hydrogens is 360 g/mol. The molecule has 0 aromatic heterocycles. The minimum Gasteiger partial charge on any atom is -0.491 e. The van der Waals surface area contributed by atoms with Crippen molar-refractivity contribution in [3.05, 3.63) is 29.8 Å². The summed E-state index contributed by atoms with van der Waals surface area (Å²) in [5, 5.41) is 0. The Hall–Kier alpha value is -1.06. The van der Waals surface area contributed by atoms with Crippen LogP contribution in [0.25, 0.3) is 0 Å². The van der Waals surface area contributed by atoms with Crippen molar-refractivity contribution in [2.75, 3.05) is 33.5 Å². The standard InChI is InChI=1S/C26H42O3/c1-21-3-11-24(12-4-21)25-13-7-22(8-14-25)5-6-23-9-15-26(16-10-23)29-20-19-28-18-17-27-2/h9-10,15-16,21-22,24-25H,3-8,11-14,17-20H2,1-2H3. The summed E-state index contributed by atoms with van der Waals surface area (Å²) in [6.07, 6.45) is 14.4. The van der Waals surface area contributed by atoms with Gasteiger partial charge in [0.1, 0.15) is 12.4 Å². The van der Waals surface area contributed by atoms with Crippen molar-refractivity contribution in [2.24, 2.45) is 23.7 Å². The molecule has 1 aromatic carbocycles. The van der Waals surface area contributed by atoms with Gasteiger partial charge >= 0.3 is 0 Å². The lowest BCUT2D eigenvalue weighted by Gasteiger charge is -2.37. The number of rotatable bonds is 11. The van der Waals surface area contributed by atoms with Gasteiger partial charge in [0.05, 0.1) is 19.8 Å². The number of methoxy groups -OCH3 is 1. The van der Waals surface area contributed by atoms with E-state index < -0.39 is 0 Å². The normalized spacial score (nSPS) is 27.7. The van der Waals surface area contributed by atoms with E-state index in [0.717, 1.165) is 29.4 Å². The highest BCUT2D eigenvalue weighted by Crippen LogP contribution is 2.42. The largest absolute Gasteiger partial charge is 0.491 e. The average molecular weight is 403 g/mol. The van der Waals surface area contributed by atoms with E-state index in [1.54, 1.807) is 7.11 Å². The first-order chi connectivity index (χ1) is 14.2. The molecule has 0 unspecified atom stereocenters. The van der Waals surface area contributed by atoms with Gasteiger partial charge in [0.25, 0.3) is 0 Å². The van der Waals surface area contributed by atoms with Crippen LogP contribution in [0.4, 0.5) is 0 Å². The van der Waals surface area contributed by atoms with Gasteiger partial charge in [0, 0.05) is 7.11 Å². The second-order valence-corrected chi connectivity index (χ2v) is 9.44. The van der Waals surface area contributed by atoms with Crippen molar-refractivity contribution in [2.45, 2.75) is 71.1 Å². The highest BCUT2D eigenvalue weighted by molar-refractivity contribution is 5.27. The third-order valence-electron chi connectivity index (χ3n) is 7.31. The second-order valence-electron chi connectivity index (χ2n) is 9.44. The van der Waals surface area contributed by atoms with Gasteiger partial charge in [-0.3, -0.25) is 0 Å². The Balaban J connectivity index is 1.28. The second kappa shape index (κ2) is 12.6. The lowest BCUT2D eigenvalue weighted by molar-refractivity contribution is 0.0544. The Morgan fingerprint density at radius 3 is 2.03 bits per heavy atom. The maximum absolute atomic E-state index is 5.75. The van der Waals surface area contributed by atoms with E-state index >= 15 is 0 Å². The predicted octanol–water partition coefficient (Wildman–Crippen LogP) is 6.29. The Kier molecular flexibility index (Phi) is 9.82. The Morgan fingerprint density at radius 1 is 0.759 bits per heavy atom. The van der Waals surface area contributed by atoms with Crippen molar-refractivity contribution in [1.29, 1.82) is 0 Å². The minimum absolute atomic E-state index is 0.589. The van der Waals surface area contributed by atoms with Crippen molar-refractivity contribution >= 4 is 0 Å². The van der Waals surface area contributed by atoms with Gasteiger partial charge in [-0.1, -0.05) is 44.7 Å². The molecule has 2 aliphatic rings. The van der Waals surface area contributed by atoms with Crippen LogP contribution < -0.4 is 4.74 Å². The van der Waals surface area contributed by atoms with E-state index in [1.165, 1.54) is 69.8 Å². The van der Waals surface area contributed by atoms with Crippen LogP contribution in [-0.4, -0.2) is 33.5 Å². The molecule has 0 atom stereocenters. The van der Waals surface area contributed by atoms with Crippen molar-refractivity contribution in [1.82, 2.24) is 0 Å². The molecule has 0 bridgehead atoms. The smallest absolute Gasteiger partial charge is 0.119 e. The Labute approximate surface area is 178 Å². The minimum atomic E-state index is 0.589. The van der Waals surface area contributed by atoms with Gasteiger partial charge in [0.15, 0.2) is 0 Å². The fourth-order valence-electron chi connectivity index (χ4n) is 5.29. The monoisotopic (exact) mass is 402 g/mol. The third-order valence-corrected chi connectivity index (χ3v) is 7.31. The molecule has 3 nitrogen and oxygen atoms in total. The highest BCUT2D eigenvalue weighted by atomic mass is 16.5. The maximum Gasteiger partial charge on any atom is 0.119 e. The van der Waals surface area contributed by atoms with Gasteiger partial charge in [0.2, 0.25) is 0 Å². The van der Waals surface area contributed by atoms with Crippen LogP contribution in [0.15, 0.2) is 24.3 Å². The van der Waals surface area contributed by atoms with E-state index in [9.17, 15) is 0 Å². The summed E-state index contributed by atoms with van der Waals surface area (Å²) >= 11 is 0. The maximum atomic E-state index is 5.75. The molecule has 0 saturated heterocycles. The summed E-state index contributed by atoms with van der Waals surface area (Å²) in [7, 11) is 1.68. The fraction of sp³-hybridized carbons (Fsp3) is 0.769. The van der Waals surface area contributed by atoms with Gasteiger partial charge in [-0.25, -0.2) is 0 Å². The fourth-order valence-corrected chi connectivity index (χ4v) is 5.29. The molecule has 29 heavy (non-hydrogen) atoms. The zero-order chi connectivity index (χ0) is 20.3. The molecule has 2 saturated carbocycles. The van der Waals surface area contributed by atoms with Crippen LogP contribution in [0.5, 0.6) is 5.75 Å². The van der Waals surface area contributed by atoms with Gasteiger partial charge < -0.3 is 14.2 Å².